The minimum atomic E-state index is -0.110. The van der Waals surface area contributed by atoms with Gasteiger partial charge in [0, 0.05) is 43.2 Å². The fourth-order valence-corrected chi connectivity index (χ4v) is 5.73. The van der Waals surface area contributed by atoms with Crippen LogP contribution in [0.3, 0.4) is 0 Å². The van der Waals surface area contributed by atoms with Crippen LogP contribution in [0.2, 0.25) is 0 Å². The number of allylic oxidation sites excluding steroid dienone is 10. The fraction of sp³-hybridized carbons (Fsp3) is 0.425. The number of pyridine rings is 1. The van der Waals surface area contributed by atoms with Gasteiger partial charge in [-0.3, -0.25) is 14.8 Å². The zero-order chi connectivity index (χ0) is 32.1. The first-order chi connectivity index (χ1) is 21.1. The van der Waals surface area contributed by atoms with Gasteiger partial charge in [-0.2, -0.15) is 0 Å². The topological polar surface area (TPSA) is 45.6 Å². The first-order valence-corrected chi connectivity index (χ1v) is 16.4. The Morgan fingerprint density at radius 1 is 1.14 bits per heavy atom. The molecule has 0 amide bonds. The zero-order valence-electron chi connectivity index (χ0n) is 27.8. The van der Waals surface area contributed by atoms with Crippen LogP contribution in [-0.2, 0) is 11.2 Å². The second-order valence-electron chi connectivity index (χ2n) is 12.4. The molecule has 1 saturated heterocycles. The van der Waals surface area contributed by atoms with Crippen LogP contribution in [0.5, 0.6) is 0 Å². The Labute approximate surface area is 267 Å². The van der Waals surface area contributed by atoms with Gasteiger partial charge < -0.3 is 4.90 Å². The SMILES string of the molecule is C=C/C(C)=C\Cc1cnc(C2=CC(=O)C(=C)CC(/C=C\C(=C/C)N3CCC(CCC(=C)CCCCC)CC3)=N2)cc1C(=C)C. The molecule has 44 heavy (non-hydrogen) atoms. The van der Waals surface area contributed by atoms with Crippen LogP contribution >= 0.6 is 0 Å². The molecule has 4 heteroatoms. The molecule has 0 atom stereocenters. The van der Waals surface area contributed by atoms with E-state index in [2.05, 4.69) is 63.3 Å². The number of carbonyl (C=O) groups excluding carboxylic acids is 1. The van der Waals surface area contributed by atoms with Crippen LogP contribution in [-0.4, -0.2) is 34.5 Å². The molecule has 0 spiro atoms. The van der Waals surface area contributed by atoms with Crippen LogP contribution in [0.4, 0.5) is 0 Å². The highest BCUT2D eigenvalue weighted by Gasteiger charge is 2.21. The molecule has 3 heterocycles. The van der Waals surface area contributed by atoms with Crippen molar-refractivity contribution in [2.45, 2.75) is 91.9 Å². The molecule has 3 rings (SSSR count). The van der Waals surface area contributed by atoms with E-state index < -0.39 is 0 Å². The monoisotopic (exact) mass is 591 g/mol. The highest BCUT2D eigenvalue weighted by molar-refractivity contribution is 6.15. The summed E-state index contributed by atoms with van der Waals surface area (Å²) in [7, 11) is 0. The smallest absolute Gasteiger partial charge is 0.183 e. The van der Waals surface area contributed by atoms with Crippen molar-refractivity contribution in [2.75, 3.05) is 13.1 Å². The summed E-state index contributed by atoms with van der Waals surface area (Å²) in [6.45, 7) is 26.9. The van der Waals surface area contributed by atoms with E-state index in [-0.39, 0.29) is 5.78 Å². The normalized spacial score (nSPS) is 17.0. The van der Waals surface area contributed by atoms with Gasteiger partial charge in [-0.1, -0.05) is 81.0 Å². The largest absolute Gasteiger partial charge is 0.372 e. The summed E-state index contributed by atoms with van der Waals surface area (Å²) in [5.41, 5.74) is 9.32. The van der Waals surface area contributed by atoms with E-state index >= 15 is 0 Å². The van der Waals surface area contributed by atoms with Gasteiger partial charge in [0.25, 0.3) is 0 Å². The second kappa shape index (κ2) is 17.5. The summed E-state index contributed by atoms with van der Waals surface area (Å²) in [6, 6.07) is 1.99. The van der Waals surface area contributed by atoms with Crippen molar-refractivity contribution < 1.29 is 4.79 Å². The Bertz CT molecular complexity index is 1390. The third kappa shape index (κ3) is 10.4. The maximum absolute atomic E-state index is 12.9. The van der Waals surface area contributed by atoms with Gasteiger partial charge in [0.15, 0.2) is 5.78 Å². The third-order valence-corrected chi connectivity index (χ3v) is 8.71. The first-order valence-electron chi connectivity index (χ1n) is 16.4. The minimum absolute atomic E-state index is 0.110. The molecular weight excluding hydrogens is 538 g/mol. The molecule has 0 unspecified atom stereocenters. The molecule has 1 aromatic heterocycles. The van der Waals surface area contributed by atoms with Gasteiger partial charge in [0.1, 0.15) is 0 Å². The van der Waals surface area contributed by atoms with E-state index in [0.717, 1.165) is 53.4 Å². The van der Waals surface area contributed by atoms with Crippen molar-refractivity contribution in [3.63, 3.8) is 0 Å². The van der Waals surface area contributed by atoms with E-state index in [1.807, 2.05) is 38.3 Å². The fourth-order valence-electron chi connectivity index (χ4n) is 5.73. The number of carbonyl (C=O) groups is 1. The lowest BCUT2D eigenvalue weighted by molar-refractivity contribution is -0.111. The standard InChI is InChI=1S/C40H53N3O/c1-9-12-13-14-31(7)15-17-33-21-23-43(24-22-33)36(11-3)20-19-35-25-32(8)40(44)27-39(42-35)38-26-37(29(4)5)34(28-41-38)18-16-30(6)10-2/h10-11,16,19-20,26-28,33H,2,4,7-9,12-15,17-18,21-25H2,1,3,5-6H3/b20-19-,30-16-,36-11+. The zero-order valence-corrected chi connectivity index (χ0v) is 27.8. The number of ketones is 1. The summed E-state index contributed by atoms with van der Waals surface area (Å²) in [5.74, 6) is 0.662. The number of unbranched alkanes of at least 4 members (excludes halogenated alkanes) is 2. The molecule has 0 aromatic carbocycles. The number of piperidine rings is 1. The highest BCUT2D eigenvalue weighted by Crippen LogP contribution is 2.28. The second-order valence-corrected chi connectivity index (χ2v) is 12.4. The van der Waals surface area contributed by atoms with Crippen LogP contribution in [0.25, 0.3) is 11.3 Å². The Hall–Kier alpha value is -3.79. The average molecular weight is 592 g/mol. The number of likely N-dealkylation sites (tertiary alicyclic amines) is 1. The van der Waals surface area contributed by atoms with E-state index in [1.165, 1.54) is 62.6 Å². The number of hydrogen-bond acceptors (Lipinski definition) is 4. The lowest BCUT2D eigenvalue weighted by Gasteiger charge is -2.34. The molecule has 0 aliphatic carbocycles. The van der Waals surface area contributed by atoms with Gasteiger partial charge >= 0.3 is 0 Å². The number of nitrogens with zero attached hydrogens (tertiary/aromatic N) is 3. The number of rotatable bonds is 15. The average Bonchev–Trinajstić information content (AvgIpc) is 3.16. The summed E-state index contributed by atoms with van der Waals surface area (Å²) >= 11 is 0. The van der Waals surface area contributed by atoms with Crippen molar-refractivity contribution >= 4 is 22.8 Å². The van der Waals surface area contributed by atoms with E-state index in [0.29, 0.717) is 23.4 Å². The maximum atomic E-state index is 12.9. The quantitative estimate of drug-likeness (QED) is 0.0882. The molecule has 0 bridgehead atoms. The summed E-state index contributed by atoms with van der Waals surface area (Å²) < 4.78 is 0. The molecule has 1 aromatic rings. The van der Waals surface area contributed by atoms with E-state index in [4.69, 9.17) is 9.98 Å². The minimum Gasteiger partial charge on any atom is -0.372 e. The first kappa shape index (κ1) is 34.7. The van der Waals surface area contributed by atoms with E-state index in [9.17, 15) is 4.79 Å². The van der Waals surface area contributed by atoms with Crippen LogP contribution in [0.15, 0.2) is 102 Å². The van der Waals surface area contributed by atoms with Crippen molar-refractivity contribution in [1.29, 1.82) is 0 Å². The van der Waals surface area contributed by atoms with Gasteiger partial charge in [-0.05, 0) is 107 Å². The molecule has 1 fully saturated rings. The predicted octanol–water partition coefficient (Wildman–Crippen LogP) is 10.2. The van der Waals surface area contributed by atoms with Gasteiger partial charge in [0.2, 0.25) is 0 Å². The van der Waals surface area contributed by atoms with Crippen molar-refractivity contribution in [3.05, 3.63) is 114 Å². The number of aliphatic imine (C=N–C) groups is 1. The lowest BCUT2D eigenvalue weighted by atomic mass is 9.89. The summed E-state index contributed by atoms with van der Waals surface area (Å²) in [5, 5.41) is 0. The molecular formula is C40H53N3O. The Balaban J connectivity index is 1.71. The van der Waals surface area contributed by atoms with Gasteiger partial charge in [-0.25, -0.2) is 0 Å². The Kier molecular flexibility index (Phi) is 13.8. The molecule has 234 valence electrons. The van der Waals surface area contributed by atoms with Gasteiger partial charge in [-0.15, -0.1) is 0 Å². The molecule has 0 saturated carbocycles. The maximum Gasteiger partial charge on any atom is 0.183 e. The Morgan fingerprint density at radius 2 is 1.89 bits per heavy atom. The molecule has 0 radical (unpaired) electrons. The lowest BCUT2D eigenvalue weighted by Crippen LogP contribution is -2.32. The van der Waals surface area contributed by atoms with E-state index in [1.54, 1.807) is 6.08 Å². The Morgan fingerprint density at radius 3 is 2.55 bits per heavy atom. The number of hydrogen-bond donors (Lipinski definition) is 0. The van der Waals surface area contributed by atoms with Crippen LogP contribution < -0.4 is 0 Å². The van der Waals surface area contributed by atoms with Gasteiger partial charge in [0.05, 0.1) is 11.4 Å². The van der Waals surface area contributed by atoms with Crippen molar-refractivity contribution in [2.24, 2.45) is 10.9 Å². The molecule has 2 aliphatic heterocycles. The van der Waals surface area contributed by atoms with Crippen molar-refractivity contribution in [3.8, 4) is 0 Å². The summed E-state index contributed by atoms with van der Waals surface area (Å²) in [6.07, 6.45) is 24.8. The van der Waals surface area contributed by atoms with Crippen LogP contribution in [0.1, 0.15) is 102 Å². The third-order valence-electron chi connectivity index (χ3n) is 8.71. The van der Waals surface area contributed by atoms with Crippen LogP contribution in [0, 0.1) is 5.92 Å². The molecule has 0 N–H and O–H groups in total. The van der Waals surface area contributed by atoms with Crippen molar-refractivity contribution in [1.82, 2.24) is 9.88 Å². The highest BCUT2D eigenvalue weighted by atomic mass is 16.1. The molecule has 4 nitrogen and oxygen atoms in total. The predicted molar refractivity (Wildman–Crippen MR) is 190 cm³/mol. The summed E-state index contributed by atoms with van der Waals surface area (Å²) in [4.78, 5) is 25.0. The number of aromatic nitrogens is 1. The molecule has 2 aliphatic rings.